The molecule has 0 spiro atoms. The highest BCUT2D eigenvalue weighted by Gasteiger charge is 2.30. The Kier molecular flexibility index (Phi) is 6.04. The summed E-state index contributed by atoms with van der Waals surface area (Å²) in [5, 5.41) is 18.3. The number of piperidine rings is 1. The van der Waals surface area contributed by atoms with Gasteiger partial charge < -0.3 is 15.3 Å². The van der Waals surface area contributed by atoms with Crippen molar-refractivity contribution in [2.24, 2.45) is 11.8 Å². The van der Waals surface area contributed by atoms with Gasteiger partial charge in [-0.1, -0.05) is 25.0 Å². The fourth-order valence-electron chi connectivity index (χ4n) is 5.00. The monoisotopic (exact) mass is 497 g/mol. The summed E-state index contributed by atoms with van der Waals surface area (Å²) in [6.07, 6.45) is 8.35. The largest absolute Gasteiger partial charge is 0.507 e. The summed E-state index contributed by atoms with van der Waals surface area (Å²) in [4.78, 5) is 19.7. The zero-order valence-corrected chi connectivity index (χ0v) is 19.6. The first-order chi connectivity index (χ1) is 15.6. The van der Waals surface area contributed by atoms with Gasteiger partial charge in [-0.2, -0.15) is 9.61 Å². The van der Waals surface area contributed by atoms with Crippen LogP contribution in [0.1, 0.15) is 38.5 Å². The average Bonchev–Trinajstić information content (AvgIpc) is 3.48. The highest BCUT2D eigenvalue weighted by molar-refractivity contribution is 9.10. The van der Waals surface area contributed by atoms with Crippen LogP contribution in [0.15, 0.2) is 41.0 Å². The van der Waals surface area contributed by atoms with Crippen LogP contribution in [-0.4, -0.2) is 50.1 Å². The van der Waals surface area contributed by atoms with Crippen molar-refractivity contribution in [2.45, 2.75) is 38.5 Å². The van der Waals surface area contributed by atoms with Crippen LogP contribution in [0.2, 0.25) is 0 Å². The van der Waals surface area contributed by atoms with Crippen molar-refractivity contribution in [3.63, 3.8) is 0 Å². The van der Waals surface area contributed by atoms with Crippen LogP contribution in [0.5, 0.6) is 5.75 Å². The Balaban J connectivity index is 1.35. The molecular weight excluding hydrogens is 470 g/mol. The van der Waals surface area contributed by atoms with Gasteiger partial charge in [-0.3, -0.25) is 4.79 Å². The Morgan fingerprint density at radius 1 is 1.19 bits per heavy atom. The molecule has 2 aliphatic rings. The summed E-state index contributed by atoms with van der Waals surface area (Å²) in [7, 11) is 0. The second kappa shape index (κ2) is 9.10. The van der Waals surface area contributed by atoms with Gasteiger partial charge in [0.15, 0.2) is 5.65 Å². The number of benzene rings is 1. The second-order valence-corrected chi connectivity index (χ2v) is 9.78. The van der Waals surface area contributed by atoms with E-state index in [1.165, 1.54) is 12.8 Å². The highest BCUT2D eigenvalue weighted by atomic mass is 79.9. The fourth-order valence-corrected chi connectivity index (χ4v) is 5.35. The van der Waals surface area contributed by atoms with Gasteiger partial charge in [-0.05, 0) is 59.7 Å². The minimum absolute atomic E-state index is 0.194. The van der Waals surface area contributed by atoms with Gasteiger partial charge in [0, 0.05) is 37.2 Å². The van der Waals surface area contributed by atoms with Crippen molar-refractivity contribution in [1.82, 2.24) is 19.5 Å². The van der Waals surface area contributed by atoms with Crippen LogP contribution >= 0.6 is 15.9 Å². The molecule has 1 amide bonds. The number of nitrogens with zero attached hydrogens (tertiary/aromatic N) is 4. The first-order valence-corrected chi connectivity index (χ1v) is 12.2. The van der Waals surface area contributed by atoms with E-state index in [9.17, 15) is 9.90 Å². The third kappa shape index (κ3) is 4.20. The molecule has 0 radical (unpaired) electrons. The molecule has 7 nitrogen and oxygen atoms in total. The topological polar surface area (TPSA) is 82.8 Å². The van der Waals surface area contributed by atoms with Crippen molar-refractivity contribution in [1.29, 1.82) is 0 Å². The van der Waals surface area contributed by atoms with Crippen LogP contribution in [-0.2, 0) is 4.79 Å². The third-order valence-corrected chi connectivity index (χ3v) is 7.28. The molecule has 1 saturated heterocycles. The number of fused-ring (bicyclic) bond motifs is 1. The lowest BCUT2D eigenvalue weighted by molar-refractivity contribution is -0.137. The van der Waals surface area contributed by atoms with Gasteiger partial charge in [0.25, 0.3) is 0 Å². The number of carbonyl (C=O) groups is 1. The molecule has 2 N–H and O–H groups in total. The van der Waals surface area contributed by atoms with E-state index in [-0.39, 0.29) is 11.7 Å². The molecule has 3 heterocycles. The van der Waals surface area contributed by atoms with E-state index in [0.29, 0.717) is 28.7 Å². The summed E-state index contributed by atoms with van der Waals surface area (Å²) in [5.41, 5.74) is 2.05. The summed E-state index contributed by atoms with van der Waals surface area (Å²) >= 11 is 3.53. The number of likely N-dealkylation sites (tertiary alicyclic amines) is 1. The van der Waals surface area contributed by atoms with Gasteiger partial charge in [0.2, 0.25) is 5.91 Å². The summed E-state index contributed by atoms with van der Waals surface area (Å²) in [6, 6.07) is 9.13. The quantitative estimate of drug-likeness (QED) is 0.533. The van der Waals surface area contributed by atoms with Crippen LogP contribution in [0.25, 0.3) is 16.9 Å². The predicted octanol–water partition coefficient (Wildman–Crippen LogP) is 4.71. The molecule has 3 aromatic rings. The van der Waals surface area contributed by atoms with E-state index in [0.717, 1.165) is 55.6 Å². The molecule has 2 aromatic heterocycles. The third-order valence-electron chi connectivity index (χ3n) is 6.72. The smallest absolute Gasteiger partial charge is 0.225 e. The molecule has 0 bridgehead atoms. The van der Waals surface area contributed by atoms with E-state index in [4.69, 9.17) is 4.98 Å². The van der Waals surface area contributed by atoms with E-state index in [1.807, 2.05) is 18.2 Å². The number of carbonyl (C=O) groups excluding carboxylic acids is 1. The van der Waals surface area contributed by atoms with Crippen molar-refractivity contribution >= 4 is 33.3 Å². The number of aromatic hydroxyl groups is 1. The molecule has 1 aromatic carbocycles. The van der Waals surface area contributed by atoms with Gasteiger partial charge in [0.1, 0.15) is 11.6 Å². The molecule has 8 heteroatoms. The standard InChI is InChI=1S/C24H28BrN5O2/c25-19-14-27-30-22(12-20(28-23(19)30)18-9-3-4-10-21(18)31)26-13-16-6-5-11-29(15-16)24(32)17-7-1-2-8-17/h3-4,9-10,12,14,16-17,26,31H,1-2,5-8,11,13,15H2. The molecule has 2 fully saturated rings. The van der Waals surface area contributed by atoms with E-state index < -0.39 is 0 Å². The number of phenols is 1. The SMILES string of the molecule is O=C(C1CCCC1)N1CCCC(CNc2cc(-c3ccccc3O)nc3c(Br)cnn23)C1. The van der Waals surface area contributed by atoms with Crippen LogP contribution < -0.4 is 5.32 Å². The molecule has 1 aliphatic carbocycles. The van der Waals surface area contributed by atoms with Gasteiger partial charge in [0.05, 0.1) is 16.4 Å². The molecule has 1 aliphatic heterocycles. The molecule has 32 heavy (non-hydrogen) atoms. The summed E-state index contributed by atoms with van der Waals surface area (Å²) in [6.45, 7) is 2.45. The van der Waals surface area contributed by atoms with Gasteiger partial charge in [-0.25, -0.2) is 4.98 Å². The Morgan fingerprint density at radius 3 is 2.81 bits per heavy atom. The second-order valence-electron chi connectivity index (χ2n) is 8.93. The molecule has 1 atom stereocenters. The lowest BCUT2D eigenvalue weighted by Gasteiger charge is -2.34. The minimum atomic E-state index is 0.194. The van der Waals surface area contributed by atoms with Gasteiger partial charge in [-0.15, -0.1) is 0 Å². The maximum atomic E-state index is 12.9. The van der Waals surface area contributed by atoms with Crippen LogP contribution in [0.3, 0.4) is 0 Å². The maximum absolute atomic E-state index is 12.9. The lowest BCUT2D eigenvalue weighted by Crippen LogP contribution is -2.44. The van der Waals surface area contributed by atoms with Crippen molar-refractivity contribution in [3.05, 3.63) is 41.0 Å². The van der Waals surface area contributed by atoms with Crippen molar-refractivity contribution in [3.8, 4) is 17.0 Å². The highest BCUT2D eigenvalue weighted by Crippen LogP contribution is 2.32. The van der Waals surface area contributed by atoms with Gasteiger partial charge >= 0.3 is 0 Å². The fraction of sp³-hybridized carbons (Fsp3) is 0.458. The number of rotatable bonds is 5. The Morgan fingerprint density at radius 2 is 2.00 bits per heavy atom. The number of hydrogen-bond acceptors (Lipinski definition) is 5. The Labute approximate surface area is 196 Å². The molecular formula is C24H28BrN5O2. The molecule has 1 saturated carbocycles. The summed E-state index contributed by atoms with van der Waals surface area (Å²) < 4.78 is 2.57. The molecule has 5 rings (SSSR count). The number of halogens is 1. The van der Waals surface area contributed by atoms with Crippen LogP contribution in [0, 0.1) is 11.8 Å². The number of aromatic nitrogens is 3. The number of anilines is 1. The Bertz CT molecular complexity index is 1120. The minimum Gasteiger partial charge on any atom is -0.507 e. The van der Waals surface area contributed by atoms with Crippen LogP contribution in [0.4, 0.5) is 5.82 Å². The lowest BCUT2D eigenvalue weighted by atomic mass is 9.96. The summed E-state index contributed by atoms with van der Waals surface area (Å²) in [5.74, 6) is 2.00. The number of phenolic OH excluding ortho intramolecular Hbond substituents is 1. The van der Waals surface area contributed by atoms with E-state index in [1.54, 1.807) is 22.8 Å². The van der Waals surface area contributed by atoms with E-state index >= 15 is 0 Å². The number of amides is 1. The normalized spacial score (nSPS) is 19.5. The number of nitrogens with one attached hydrogen (secondary N) is 1. The Hall–Kier alpha value is -2.61. The first-order valence-electron chi connectivity index (χ1n) is 11.5. The van der Waals surface area contributed by atoms with Crippen molar-refractivity contribution < 1.29 is 9.90 Å². The zero-order valence-electron chi connectivity index (χ0n) is 18.0. The molecule has 168 valence electrons. The zero-order chi connectivity index (χ0) is 22.1. The van der Waals surface area contributed by atoms with Crippen molar-refractivity contribution in [2.75, 3.05) is 25.0 Å². The number of hydrogen-bond donors (Lipinski definition) is 2. The predicted molar refractivity (Wildman–Crippen MR) is 128 cm³/mol. The molecule has 1 unspecified atom stereocenters. The van der Waals surface area contributed by atoms with E-state index in [2.05, 4.69) is 31.2 Å². The maximum Gasteiger partial charge on any atom is 0.225 e. The number of para-hydroxylation sites is 1. The first kappa shape index (κ1) is 21.2. The average molecular weight is 498 g/mol.